The maximum Gasteiger partial charge on any atom is 0.309 e. The van der Waals surface area contributed by atoms with Gasteiger partial charge in [-0.15, -0.1) is 0 Å². The van der Waals surface area contributed by atoms with Gasteiger partial charge in [0, 0.05) is 31.0 Å². The summed E-state index contributed by atoms with van der Waals surface area (Å²) in [5.74, 6) is -0.584. The van der Waals surface area contributed by atoms with Gasteiger partial charge in [-0.3, -0.25) is 29.1 Å². The van der Waals surface area contributed by atoms with E-state index in [0.29, 0.717) is 22.8 Å². The van der Waals surface area contributed by atoms with E-state index in [1.54, 1.807) is 50.5 Å². The molecule has 0 radical (unpaired) electrons. The van der Waals surface area contributed by atoms with Crippen LogP contribution in [0.1, 0.15) is 22.6 Å². The molecule has 29 heavy (non-hydrogen) atoms. The van der Waals surface area contributed by atoms with E-state index >= 15 is 0 Å². The van der Waals surface area contributed by atoms with Crippen molar-refractivity contribution in [3.63, 3.8) is 0 Å². The fourth-order valence-corrected chi connectivity index (χ4v) is 2.64. The highest BCUT2D eigenvalue weighted by Crippen LogP contribution is 2.17. The average Bonchev–Trinajstić information content (AvgIpc) is 3.27. The molecule has 0 spiro atoms. The summed E-state index contributed by atoms with van der Waals surface area (Å²) in [4.78, 5) is 34.5. The van der Waals surface area contributed by atoms with Crippen LogP contribution in [0.5, 0.6) is 0 Å². The fraction of sp³-hybridized carbons (Fsp3) is 0.222. The maximum atomic E-state index is 12.1. The molecule has 3 aromatic rings. The van der Waals surface area contributed by atoms with Crippen LogP contribution in [0.2, 0.25) is 0 Å². The zero-order valence-corrected chi connectivity index (χ0v) is 15.8. The molecule has 0 aliphatic heterocycles. The Labute approximate surface area is 165 Å². The largest absolute Gasteiger partial charge is 0.326 e. The molecule has 0 saturated heterocycles. The van der Waals surface area contributed by atoms with E-state index in [2.05, 4.69) is 20.8 Å². The van der Waals surface area contributed by atoms with Gasteiger partial charge in [-0.05, 0) is 37.3 Å². The zero-order valence-electron chi connectivity index (χ0n) is 15.8. The quantitative estimate of drug-likeness (QED) is 0.463. The molecule has 11 nitrogen and oxygen atoms in total. The van der Waals surface area contributed by atoms with Crippen LogP contribution < -0.4 is 10.6 Å². The third-order valence-corrected chi connectivity index (χ3v) is 4.20. The highest BCUT2D eigenvalue weighted by molar-refractivity contribution is 6.03. The summed E-state index contributed by atoms with van der Waals surface area (Å²) < 4.78 is 2.96. The van der Waals surface area contributed by atoms with Crippen LogP contribution in [0.15, 0.2) is 42.7 Å². The standard InChI is InChI=1S/C18H19N7O4/c1-12-16(25(28)29)11-19-24(12)10-8-17(26)20-13-3-5-14(6-4-13)21-18(27)15-7-9-23(2)22-15/h3-7,9,11H,8,10H2,1-2H3,(H,20,26)(H,21,27). The van der Waals surface area contributed by atoms with E-state index < -0.39 is 4.92 Å². The number of hydrogen-bond donors (Lipinski definition) is 2. The van der Waals surface area contributed by atoms with E-state index in [0.717, 1.165) is 0 Å². The summed E-state index contributed by atoms with van der Waals surface area (Å²) in [6, 6.07) is 8.26. The molecular formula is C18H19N7O4. The molecule has 3 rings (SSSR count). The van der Waals surface area contributed by atoms with Crippen molar-refractivity contribution >= 4 is 28.9 Å². The first-order valence-corrected chi connectivity index (χ1v) is 8.71. The van der Waals surface area contributed by atoms with Gasteiger partial charge in [0.05, 0.1) is 11.5 Å². The fourth-order valence-electron chi connectivity index (χ4n) is 2.64. The summed E-state index contributed by atoms with van der Waals surface area (Å²) in [5.41, 5.74) is 1.76. The van der Waals surface area contributed by atoms with Crippen molar-refractivity contribution in [3.8, 4) is 0 Å². The molecule has 2 heterocycles. The molecule has 0 atom stereocenters. The number of aryl methyl sites for hydroxylation is 2. The van der Waals surface area contributed by atoms with Gasteiger partial charge in [-0.2, -0.15) is 10.2 Å². The lowest BCUT2D eigenvalue weighted by Gasteiger charge is -2.08. The molecule has 11 heteroatoms. The van der Waals surface area contributed by atoms with Crippen molar-refractivity contribution in [2.45, 2.75) is 19.9 Å². The second-order valence-corrected chi connectivity index (χ2v) is 6.30. The third kappa shape index (κ3) is 4.83. The lowest BCUT2D eigenvalue weighted by atomic mass is 10.2. The Morgan fingerprint density at radius 1 is 1.14 bits per heavy atom. The molecule has 0 unspecified atom stereocenters. The summed E-state index contributed by atoms with van der Waals surface area (Å²) >= 11 is 0. The van der Waals surface area contributed by atoms with Crippen LogP contribution in [0.4, 0.5) is 17.1 Å². The van der Waals surface area contributed by atoms with E-state index in [1.807, 2.05) is 0 Å². The Bertz CT molecular complexity index is 1050. The number of rotatable bonds is 7. The van der Waals surface area contributed by atoms with Gasteiger partial charge in [0.25, 0.3) is 5.91 Å². The summed E-state index contributed by atoms with van der Waals surface area (Å²) in [6.45, 7) is 1.81. The van der Waals surface area contributed by atoms with Crippen LogP contribution in [-0.2, 0) is 18.4 Å². The first kappa shape index (κ1) is 19.7. The van der Waals surface area contributed by atoms with E-state index in [1.165, 1.54) is 15.6 Å². The Hall–Kier alpha value is -4.02. The molecule has 0 aliphatic rings. The minimum absolute atomic E-state index is 0.0752. The minimum atomic E-state index is -0.507. The number of nitrogens with zero attached hydrogens (tertiary/aromatic N) is 5. The number of aromatic nitrogens is 4. The molecule has 0 saturated carbocycles. The van der Waals surface area contributed by atoms with Gasteiger partial charge < -0.3 is 10.6 Å². The van der Waals surface area contributed by atoms with E-state index in [9.17, 15) is 19.7 Å². The second kappa shape index (κ2) is 8.33. The maximum absolute atomic E-state index is 12.1. The lowest BCUT2D eigenvalue weighted by molar-refractivity contribution is -0.385. The third-order valence-electron chi connectivity index (χ3n) is 4.20. The van der Waals surface area contributed by atoms with Gasteiger partial charge in [-0.25, -0.2) is 0 Å². The van der Waals surface area contributed by atoms with Crippen molar-refractivity contribution < 1.29 is 14.5 Å². The smallest absolute Gasteiger partial charge is 0.309 e. The van der Waals surface area contributed by atoms with Gasteiger partial charge in [0.2, 0.25) is 5.91 Å². The van der Waals surface area contributed by atoms with Crippen molar-refractivity contribution in [1.82, 2.24) is 19.6 Å². The first-order valence-electron chi connectivity index (χ1n) is 8.71. The van der Waals surface area contributed by atoms with Crippen molar-refractivity contribution in [2.24, 2.45) is 7.05 Å². The molecule has 2 amide bonds. The van der Waals surface area contributed by atoms with Crippen LogP contribution >= 0.6 is 0 Å². The lowest BCUT2D eigenvalue weighted by Crippen LogP contribution is -2.16. The van der Waals surface area contributed by atoms with Gasteiger partial charge in [-0.1, -0.05) is 0 Å². The summed E-state index contributed by atoms with van der Waals surface area (Å²) in [7, 11) is 1.73. The average molecular weight is 397 g/mol. The number of benzene rings is 1. The summed E-state index contributed by atoms with van der Waals surface area (Å²) in [5, 5.41) is 24.2. The van der Waals surface area contributed by atoms with Crippen LogP contribution in [0.3, 0.4) is 0 Å². The predicted molar refractivity (Wildman–Crippen MR) is 104 cm³/mol. The SMILES string of the molecule is Cc1c([N+](=O)[O-])cnn1CCC(=O)Nc1ccc(NC(=O)c2ccn(C)n2)cc1. The van der Waals surface area contributed by atoms with E-state index in [4.69, 9.17) is 0 Å². The van der Waals surface area contributed by atoms with Gasteiger partial charge in [0.15, 0.2) is 5.69 Å². The monoisotopic (exact) mass is 397 g/mol. The Morgan fingerprint density at radius 3 is 2.34 bits per heavy atom. The Morgan fingerprint density at radius 2 is 1.79 bits per heavy atom. The van der Waals surface area contributed by atoms with E-state index in [-0.39, 0.29) is 30.5 Å². The Kier molecular flexibility index (Phi) is 5.67. The molecule has 150 valence electrons. The highest BCUT2D eigenvalue weighted by Gasteiger charge is 2.16. The predicted octanol–water partition coefficient (Wildman–Crippen LogP) is 2.11. The van der Waals surface area contributed by atoms with Crippen LogP contribution in [0.25, 0.3) is 0 Å². The number of carbonyl (C=O) groups excluding carboxylic acids is 2. The van der Waals surface area contributed by atoms with Crippen molar-refractivity contribution in [2.75, 3.05) is 10.6 Å². The molecule has 1 aromatic carbocycles. The number of nitro groups is 1. The van der Waals surface area contributed by atoms with Crippen LogP contribution in [-0.4, -0.2) is 36.3 Å². The molecule has 0 fully saturated rings. The van der Waals surface area contributed by atoms with Crippen molar-refractivity contribution in [3.05, 3.63) is 64.2 Å². The molecule has 2 N–H and O–H groups in total. The molecule has 2 aromatic heterocycles. The number of carbonyl (C=O) groups is 2. The normalized spacial score (nSPS) is 10.6. The first-order chi connectivity index (χ1) is 13.8. The highest BCUT2D eigenvalue weighted by atomic mass is 16.6. The van der Waals surface area contributed by atoms with Crippen LogP contribution in [0, 0.1) is 17.0 Å². The van der Waals surface area contributed by atoms with Gasteiger partial charge >= 0.3 is 5.69 Å². The number of nitrogens with one attached hydrogen (secondary N) is 2. The molecule has 0 aliphatic carbocycles. The number of hydrogen-bond acceptors (Lipinski definition) is 6. The second-order valence-electron chi connectivity index (χ2n) is 6.30. The topological polar surface area (TPSA) is 137 Å². The summed E-state index contributed by atoms with van der Waals surface area (Å²) in [6.07, 6.45) is 2.96. The molecular weight excluding hydrogens is 378 g/mol. The molecule has 0 bridgehead atoms. The number of amides is 2. The van der Waals surface area contributed by atoms with Crippen molar-refractivity contribution in [1.29, 1.82) is 0 Å². The van der Waals surface area contributed by atoms with Gasteiger partial charge in [0.1, 0.15) is 11.9 Å². The zero-order chi connectivity index (χ0) is 21.0. The number of anilines is 2. The Balaban J connectivity index is 1.52. The minimum Gasteiger partial charge on any atom is -0.326 e.